The van der Waals surface area contributed by atoms with Crippen molar-refractivity contribution in [3.05, 3.63) is 11.4 Å². The number of nitrogens with two attached hydrogens (primary N) is 1. The van der Waals surface area contributed by atoms with Crippen molar-refractivity contribution in [2.24, 2.45) is 11.7 Å². The molecule has 0 amide bonds. The Morgan fingerprint density at radius 2 is 2.00 bits per heavy atom. The first-order valence-corrected chi connectivity index (χ1v) is 8.46. The van der Waals surface area contributed by atoms with Gasteiger partial charge in [-0.25, -0.2) is 4.68 Å². The lowest BCUT2D eigenvalue weighted by Crippen LogP contribution is -2.12. The number of rotatable bonds is 8. The van der Waals surface area contributed by atoms with Crippen LogP contribution in [0.4, 0.5) is 0 Å². The summed E-state index contributed by atoms with van der Waals surface area (Å²) in [4.78, 5) is 0. The largest absolute Gasteiger partial charge is 0.325 e. The van der Waals surface area contributed by atoms with E-state index in [9.17, 15) is 0 Å². The Morgan fingerprint density at radius 3 is 2.70 bits per heavy atom. The molecule has 0 spiro atoms. The van der Waals surface area contributed by atoms with Gasteiger partial charge in [0.05, 0.1) is 11.4 Å². The molecule has 20 heavy (non-hydrogen) atoms. The standard InChI is InChI=1S/C16H30N4/c1-2-3-7-12-20-16(15(13-17)18-19-20)11-10-14-8-5-4-6-9-14/h14H,2-13,17H2,1H3. The Morgan fingerprint density at radius 1 is 1.20 bits per heavy atom. The number of nitrogens with zero attached hydrogens (tertiary/aromatic N) is 3. The maximum atomic E-state index is 5.81. The lowest BCUT2D eigenvalue weighted by molar-refractivity contribution is 0.335. The summed E-state index contributed by atoms with van der Waals surface area (Å²) < 4.78 is 2.11. The fraction of sp³-hybridized carbons (Fsp3) is 0.875. The molecule has 2 N–H and O–H groups in total. The molecule has 0 aliphatic heterocycles. The fourth-order valence-corrected chi connectivity index (χ4v) is 3.31. The van der Waals surface area contributed by atoms with Crippen LogP contribution in [0.2, 0.25) is 0 Å². The van der Waals surface area contributed by atoms with Crippen molar-refractivity contribution in [2.75, 3.05) is 0 Å². The van der Waals surface area contributed by atoms with Crippen LogP contribution in [0.15, 0.2) is 0 Å². The summed E-state index contributed by atoms with van der Waals surface area (Å²) in [5, 5.41) is 8.57. The van der Waals surface area contributed by atoms with Crippen molar-refractivity contribution in [3.63, 3.8) is 0 Å². The third-order valence-corrected chi connectivity index (χ3v) is 4.60. The average Bonchev–Trinajstić information content (AvgIpc) is 2.88. The Balaban J connectivity index is 1.91. The van der Waals surface area contributed by atoms with Crippen LogP contribution < -0.4 is 5.73 Å². The van der Waals surface area contributed by atoms with Gasteiger partial charge in [0.15, 0.2) is 0 Å². The van der Waals surface area contributed by atoms with Crippen molar-refractivity contribution >= 4 is 0 Å². The molecule has 114 valence electrons. The van der Waals surface area contributed by atoms with Crippen LogP contribution >= 0.6 is 0 Å². The molecule has 2 rings (SSSR count). The van der Waals surface area contributed by atoms with E-state index in [2.05, 4.69) is 21.9 Å². The Bertz CT molecular complexity index is 380. The summed E-state index contributed by atoms with van der Waals surface area (Å²) in [5.74, 6) is 0.911. The van der Waals surface area contributed by atoms with Gasteiger partial charge in [-0.3, -0.25) is 0 Å². The minimum atomic E-state index is 0.522. The first-order valence-electron chi connectivity index (χ1n) is 8.46. The summed E-state index contributed by atoms with van der Waals surface area (Å²) in [6.45, 7) is 3.76. The van der Waals surface area contributed by atoms with Gasteiger partial charge in [0.25, 0.3) is 0 Å². The van der Waals surface area contributed by atoms with Crippen molar-refractivity contribution in [3.8, 4) is 0 Å². The van der Waals surface area contributed by atoms with E-state index in [1.165, 1.54) is 63.5 Å². The molecule has 1 saturated carbocycles. The fourth-order valence-electron chi connectivity index (χ4n) is 3.31. The summed E-state index contributed by atoms with van der Waals surface area (Å²) in [7, 11) is 0. The van der Waals surface area contributed by atoms with Crippen LogP contribution in [-0.2, 0) is 19.5 Å². The lowest BCUT2D eigenvalue weighted by atomic mass is 9.85. The number of aryl methyl sites for hydroxylation is 1. The highest BCUT2D eigenvalue weighted by atomic mass is 15.4. The van der Waals surface area contributed by atoms with E-state index in [0.717, 1.165) is 24.6 Å². The molecule has 0 atom stereocenters. The van der Waals surface area contributed by atoms with Gasteiger partial charge >= 0.3 is 0 Å². The van der Waals surface area contributed by atoms with Crippen LogP contribution in [0, 0.1) is 5.92 Å². The van der Waals surface area contributed by atoms with E-state index in [-0.39, 0.29) is 0 Å². The second-order valence-electron chi connectivity index (χ2n) is 6.16. The van der Waals surface area contributed by atoms with E-state index in [4.69, 9.17) is 5.73 Å². The van der Waals surface area contributed by atoms with Crippen molar-refractivity contribution in [1.29, 1.82) is 0 Å². The van der Waals surface area contributed by atoms with Gasteiger partial charge in [-0.1, -0.05) is 57.1 Å². The molecule has 0 unspecified atom stereocenters. The van der Waals surface area contributed by atoms with Crippen LogP contribution in [0.25, 0.3) is 0 Å². The molecule has 1 fully saturated rings. The van der Waals surface area contributed by atoms with Crippen LogP contribution in [0.1, 0.15) is 76.1 Å². The second-order valence-corrected chi connectivity index (χ2v) is 6.16. The molecule has 0 bridgehead atoms. The van der Waals surface area contributed by atoms with Gasteiger partial charge in [-0.15, -0.1) is 5.10 Å². The van der Waals surface area contributed by atoms with Gasteiger partial charge in [-0.2, -0.15) is 0 Å². The van der Waals surface area contributed by atoms with Gasteiger partial charge in [0, 0.05) is 13.1 Å². The maximum Gasteiger partial charge on any atom is 0.0994 e. The highest BCUT2D eigenvalue weighted by Crippen LogP contribution is 2.27. The van der Waals surface area contributed by atoms with Gasteiger partial charge in [-0.05, 0) is 25.2 Å². The minimum absolute atomic E-state index is 0.522. The summed E-state index contributed by atoms with van der Waals surface area (Å²) in [6.07, 6.45) is 13.2. The molecular weight excluding hydrogens is 248 g/mol. The average molecular weight is 278 g/mol. The molecule has 4 heteroatoms. The zero-order valence-electron chi connectivity index (χ0n) is 13.0. The lowest BCUT2D eigenvalue weighted by Gasteiger charge is -2.21. The molecule has 1 heterocycles. The van der Waals surface area contributed by atoms with Crippen molar-refractivity contribution in [2.45, 2.75) is 84.2 Å². The number of hydrogen-bond donors (Lipinski definition) is 1. The highest BCUT2D eigenvalue weighted by Gasteiger charge is 2.17. The second kappa shape index (κ2) is 8.40. The predicted octanol–water partition coefficient (Wildman–Crippen LogP) is 3.44. The van der Waals surface area contributed by atoms with E-state index in [1.54, 1.807) is 0 Å². The monoisotopic (exact) mass is 278 g/mol. The Labute approximate surface area is 123 Å². The third kappa shape index (κ3) is 4.30. The third-order valence-electron chi connectivity index (χ3n) is 4.60. The zero-order valence-corrected chi connectivity index (χ0v) is 13.0. The van der Waals surface area contributed by atoms with Crippen LogP contribution in [0.5, 0.6) is 0 Å². The molecule has 1 aliphatic rings. The SMILES string of the molecule is CCCCCn1nnc(CN)c1CCC1CCCCC1. The van der Waals surface area contributed by atoms with E-state index >= 15 is 0 Å². The predicted molar refractivity (Wildman–Crippen MR) is 82.3 cm³/mol. The highest BCUT2D eigenvalue weighted by molar-refractivity contribution is 5.10. The first-order chi connectivity index (χ1) is 9.85. The number of hydrogen-bond acceptors (Lipinski definition) is 3. The van der Waals surface area contributed by atoms with Crippen molar-refractivity contribution in [1.82, 2.24) is 15.0 Å². The molecule has 4 nitrogen and oxygen atoms in total. The quantitative estimate of drug-likeness (QED) is 0.741. The number of aromatic nitrogens is 3. The molecular formula is C16H30N4. The maximum absolute atomic E-state index is 5.81. The molecule has 0 radical (unpaired) electrons. The van der Waals surface area contributed by atoms with E-state index < -0.39 is 0 Å². The number of unbranched alkanes of at least 4 members (excludes halogenated alkanes) is 2. The van der Waals surface area contributed by atoms with Gasteiger partial charge in [0.1, 0.15) is 0 Å². The van der Waals surface area contributed by atoms with Gasteiger partial charge in [0.2, 0.25) is 0 Å². The molecule has 0 saturated heterocycles. The minimum Gasteiger partial charge on any atom is -0.325 e. The normalized spacial score (nSPS) is 16.7. The Hall–Kier alpha value is -0.900. The molecule has 1 aliphatic carbocycles. The zero-order chi connectivity index (χ0) is 14.2. The topological polar surface area (TPSA) is 56.7 Å². The van der Waals surface area contributed by atoms with E-state index in [0.29, 0.717) is 6.54 Å². The summed E-state index contributed by atoms with van der Waals surface area (Å²) in [5.41, 5.74) is 8.12. The molecule has 0 aromatic carbocycles. The van der Waals surface area contributed by atoms with Crippen LogP contribution in [0.3, 0.4) is 0 Å². The summed E-state index contributed by atoms with van der Waals surface area (Å²) in [6, 6.07) is 0. The van der Waals surface area contributed by atoms with Crippen molar-refractivity contribution < 1.29 is 0 Å². The first kappa shape index (κ1) is 15.5. The molecule has 1 aromatic heterocycles. The smallest absolute Gasteiger partial charge is 0.0994 e. The molecule has 1 aromatic rings. The van der Waals surface area contributed by atoms with Crippen LogP contribution in [-0.4, -0.2) is 15.0 Å². The Kier molecular flexibility index (Phi) is 6.51. The van der Waals surface area contributed by atoms with Gasteiger partial charge < -0.3 is 5.73 Å². The van der Waals surface area contributed by atoms with E-state index in [1.807, 2.05) is 0 Å². The summed E-state index contributed by atoms with van der Waals surface area (Å²) >= 11 is 0.